The first-order valence-corrected chi connectivity index (χ1v) is 33.0. The second kappa shape index (κ2) is 63.2. The number of unbranched alkanes of at least 4 members (excludes halogenated alkanes) is 44. The van der Waals surface area contributed by atoms with Crippen molar-refractivity contribution in [2.75, 3.05) is 13.2 Å². The van der Waals surface area contributed by atoms with Crippen molar-refractivity contribution in [1.29, 1.82) is 0 Å². The Morgan fingerprint density at radius 2 is 0.527 bits per heavy atom. The number of esters is 3. The zero-order chi connectivity index (χ0) is 53.6. The Morgan fingerprint density at radius 3 is 0.824 bits per heavy atom. The van der Waals surface area contributed by atoms with Gasteiger partial charge in [0.2, 0.25) is 0 Å². The van der Waals surface area contributed by atoms with E-state index in [1.54, 1.807) is 0 Å². The average molecular weight is 1040 g/mol. The molecule has 0 saturated carbocycles. The van der Waals surface area contributed by atoms with E-state index in [9.17, 15) is 14.4 Å². The van der Waals surface area contributed by atoms with Gasteiger partial charge < -0.3 is 14.2 Å². The standard InChI is InChI=1S/C68H126O6/c1-4-7-10-13-16-19-22-24-26-27-28-29-30-31-32-33-34-35-36-37-38-39-40-42-43-46-49-52-55-58-61-67(70)73-64-65(63-72-66(69)60-57-54-51-48-45-21-18-15-12-9-6-3)74-68(71)62-59-56-53-50-47-44-41-25-23-20-17-14-11-8-5-2/h8,11,17,20,25,41,65H,4-7,9-10,12-16,18-19,21-24,26-40,42-64H2,1-3H3/b11-8-,20-17-,41-25-. The number of carbonyl (C=O) groups excluding carboxylic acids is 3. The lowest BCUT2D eigenvalue weighted by Gasteiger charge is -2.18. The van der Waals surface area contributed by atoms with Gasteiger partial charge in [-0.2, -0.15) is 0 Å². The van der Waals surface area contributed by atoms with Crippen molar-refractivity contribution in [3.63, 3.8) is 0 Å². The number of hydrogen-bond acceptors (Lipinski definition) is 6. The van der Waals surface area contributed by atoms with Gasteiger partial charge in [0, 0.05) is 19.3 Å². The SMILES string of the molecule is CC/C=C\C/C=C\C/C=C\CCCCCCCC(=O)OC(COC(=O)CCCCCCCCCCCCC)COC(=O)CCCCCCCCCCCCCCCCCCCCCCCCCCCCCCCC. The van der Waals surface area contributed by atoms with E-state index < -0.39 is 6.10 Å². The predicted molar refractivity (Wildman–Crippen MR) is 321 cm³/mol. The van der Waals surface area contributed by atoms with Crippen molar-refractivity contribution < 1.29 is 28.6 Å². The van der Waals surface area contributed by atoms with E-state index in [2.05, 4.69) is 57.2 Å². The number of ether oxygens (including phenoxy) is 3. The van der Waals surface area contributed by atoms with Crippen molar-refractivity contribution >= 4 is 17.9 Å². The van der Waals surface area contributed by atoms with Crippen molar-refractivity contribution in [3.8, 4) is 0 Å². The smallest absolute Gasteiger partial charge is 0.306 e. The summed E-state index contributed by atoms with van der Waals surface area (Å²) in [6, 6.07) is 0. The van der Waals surface area contributed by atoms with Crippen LogP contribution in [0.1, 0.15) is 361 Å². The molecule has 0 aromatic carbocycles. The summed E-state index contributed by atoms with van der Waals surface area (Å²) in [6.07, 6.45) is 77.6. The molecule has 0 aromatic heterocycles. The van der Waals surface area contributed by atoms with Crippen molar-refractivity contribution in [1.82, 2.24) is 0 Å². The lowest BCUT2D eigenvalue weighted by molar-refractivity contribution is -0.167. The van der Waals surface area contributed by atoms with Crippen LogP contribution in [-0.2, 0) is 28.6 Å². The molecular weight excluding hydrogens is 913 g/mol. The van der Waals surface area contributed by atoms with Gasteiger partial charge in [0.15, 0.2) is 6.10 Å². The second-order valence-corrected chi connectivity index (χ2v) is 22.4. The van der Waals surface area contributed by atoms with Crippen molar-refractivity contribution in [2.24, 2.45) is 0 Å². The van der Waals surface area contributed by atoms with E-state index in [4.69, 9.17) is 14.2 Å². The van der Waals surface area contributed by atoms with E-state index >= 15 is 0 Å². The molecule has 0 rings (SSSR count). The number of carbonyl (C=O) groups is 3. The Labute approximate surface area is 461 Å². The number of hydrogen-bond donors (Lipinski definition) is 0. The fourth-order valence-corrected chi connectivity index (χ4v) is 9.99. The summed E-state index contributed by atoms with van der Waals surface area (Å²) in [6.45, 7) is 6.56. The Bertz CT molecular complexity index is 1240. The van der Waals surface area contributed by atoms with Crippen LogP contribution < -0.4 is 0 Å². The van der Waals surface area contributed by atoms with Crippen LogP contribution in [0.4, 0.5) is 0 Å². The molecule has 6 heteroatoms. The molecule has 1 atom stereocenters. The molecule has 0 saturated heterocycles. The van der Waals surface area contributed by atoms with E-state index in [1.807, 2.05) is 0 Å². The van der Waals surface area contributed by atoms with E-state index in [1.165, 1.54) is 225 Å². The lowest BCUT2D eigenvalue weighted by Crippen LogP contribution is -2.30. The topological polar surface area (TPSA) is 78.9 Å². The summed E-state index contributed by atoms with van der Waals surface area (Å²) in [5.41, 5.74) is 0. The van der Waals surface area contributed by atoms with Gasteiger partial charge >= 0.3 is 17.9 Å². The molecule has 0 spiro atoms. The fraction of sp³-hybridized carbons (Fsp3) is 0.868. The Hall–Kier alpha value is -2.37. The minimum atomic E-state index is -0.777. The molecule has 74 heavy (non-hydrogen) atoms. The van der Waals surface area contributed by atoms with Gasteiger partial charge in [-0.1, -0.05) is 327 Å². The highest BCUT2D eigenvalue weighted by atomic mass is 16.6. The average Bonchev–Trinajstić information content (AvgIpc) is 3.40. The molecule has 6 nitrogen and oxygen atoms in total. The summed E-state index contributed by atoms with van der Waals surface area (Å²) >= 11 is 0. The minimum Gasteiger partial charge on any atom is -0.462 e. The second-order valence-electron chi connectivity index (χ2n) is 22.4. The molecular formula is C68H126O6. The normalized spacial score (nSPS) is 12.2. The minimum absolute atomic E-state index is 0.0743. The van der Waals surface area contributed by atoms with Crippen molar-refractivity contribution in [2.45, 2.75) is 367 Å². The van der Waals surface area contributed by atoms with Crippen LogP contribution in [0.25, 0.3) is 0 Å². The molecule has 0 radical (unpaired) electrons. The third kappa shape index (κ3) is 60.5. The third-order valence-electron chi connectivity index (χ3n) is 14.9. The molecule has 434 valence electrons. The number of rotatable bonds is 61. The van der Waals surface area contributed by atoms with Crippen molar-refractivity contribution in [3.05, 3.63) is 36.5 Å². The van der Waals surface area contributed by atoms with E-state index in [-0.39, 0.29) is 31.1 Å². The van der Waals surface area contributed by atoms with Crippen LogP contribution >= 0.6 is 0 Å². The summed E-state index contributed by atoms with van der Waals surface area (Å²) in [4.78, 5) is 38.2. The molecule has 0 fully saturated rings. The quantitative estimate of drug-likeness (QED) is 0.0261. The Balaban J connectivity index is 4.09. The summed E-state index contributed by atoms with van der Waals surface area (Å²) < 4.78 is 16.9. The van der Waals surface area contributed by atoms with Crippen LogP contribution in [0.5, 0.6) is 0 Å². The van der Waals surface area contributed by atoms with Crippen LogP contribution in [0, 0.1) is 0 Å². The first-order valence-electron chi connectivity index (χ1n) is 33.0. The third-order valence-corrected chi connectivity index (χ3v) is 14.9. The molecule has 0 aliphatic carbocycles. The Kier molecular flexibility index (Phi) is 61.1. The van der Waals surface area contributed by atoms with Gasteiger partial charge in [-0.25, -0.2) is 0 Å². The molecule has 0 amide bonds. The fourth-order valence-electron chi connectivity index (χ4n) is 9.99. The first-order chi connectivity index (χ1) is 36.5. The molecule has 0 aromatic rings. The largest absolute Gasteiger partial charge is 0.462 e. The first kappa shape index (κ1) is 71.6. The Morgan fingerprint density at radius 1 is 0.284 bits per heavy atom. The molecule has 0 aliphatic rings. The van der Waals surface area contributed by atoms with Gasteiger partial charge in [0.25, 0.3) is 0 Å². The highest BCUT2D eigenvalue weighted by Crippen LogP contribution is 2.18. The van der Waals surface area contributed by atoms with Crippen LogP contribution in [0.2, 0.25) is 0 Å². The zero-order valence-corrected chi connectivity index (χ0v) is 49.9. The van der Waals surface area contributed by atoms with Gasteiger partial charge in [-0.3, -0.25) is 14.4 Å². The maximum atomic E-state index is 12.9. The zero-order valence-electron chi connectivity index (χ0n) is 49.9. The van der Waals surface area contributed by atoms with Crippen LogP contribution in [0.15, 0.2) is 36.5 Å². The van der Waals surface area contributed by atoms with Gasteiger partial charge in [0.05, 0.1) is 0 Å². The van der Waals surface area contributed by atoms with Gasteiger partial charge in [-0.15, -0.1) is 0 Å². The summed E-state index contributed by atoms with van der Waals surface area (Å²) in [5.74, 6) is -0.870. The summed E-state index contributed by atoms with van der Waals surface area (Å²) in [5, 5.41) is 0. The van der Waals surface area contributed by atoms with E-state index in [0.717, 1.165) is 96.3 Å². The van der Waals surface area contributed by atoms with E-state index in [0.29, 0.717) is 19.3 Å². The molecule has 0 bridgehead atoms. The van der Waals surface area contributed by atoms with Crippen LogP contribution in [0.3, 0.4) is 0 Å². The van der Waals surface area contributed by atoms with Crippen LogP contribution in [-0.4, -0.2) is 37.2 Å². The highest BCUT2D eigenvalue weighted by Gasteiger charge is 2.19. The van der Waals surface area contributed by atoms with Gasteiger partial charge in [0.1, 0.15) is 13.2 Å². The summed E-state index contributed by atoms with van der Waals surface area (Å²) in [7, 11) is 0. The predicted octanol–water partition coefficient (Wildman–Crippen LogP) is 22.4. The monoisotopic (exact) mass is 1040 g/mol. The number of allylic oxidation sites excluding steroid dienone is 6. The molecule has 0 N–H and O–H groups in total. The molecule has 0 heterocycles. The maximum Gasteiger partial charge on any atom is 0.306 e. The highest BCUT2D eigenvalue weighted by molar-refractivity contribution is 5.71. The molecule has 0 aliphatic heterocycles. The molecule has 1 unspecified atom stereocenters. The maximum absolute atomic E-state index is 12.9. The van der Waals surface area contributed by atoms with Gasteiger partial charge in [-0.05, 0) is 51.4 Å². The lowest BCUT2D eigenvalue weighted by atomic mass is 10.0.